The predicted molar refractivity (Wildman–Crippen MR) is 74.8 cm³/mol. The van der Waals surface area contributed by atoms with Gasteiger partial charge in [0.25, 0.3) is 5.82 Å². The van der Waals surface area contributed by atoms with Gasteiger partial charge >= 0.3 is 7.54 Å². The van der Waals surface area contributed by atoms with Crippen LogP contribution in [0.5, 0.6) is 0 Å². The lowest BCUT2D eigenvalue weighted by Crippen LogP contribution is -3.00. The van der Waals surface area contributed by atoms with E-state index in [-0.39, 0.29) is 16.7 Å². The molecule has 1 aromatic carbocycles. The first kappa shape index (κ1) is 22.8. The van der Waals surface area contributed by atoms with E-state index >= 15 is 0 Å². The summed E-state index contributed by atoms with van der Waals surface area (Å²) in [6.45, 7) is 3.98. The van der Waals surface area contributed by atoms with Gasteiger partial charge in [0.2, 0.25) is 41.1 Å². The lowest BCUT2D eigenvalue weighted by atomic mass is 10.0. The molecule has 2 aromatic rings. The first-order valence-electron chi connectivity index (χ1n) is 7.49. The fourth-order valence-electron chi connectivity index (χ4n) is 2.82. The van der Waals surface area contributed by atoms with E-state index in [1.807, 2.05) is 13.8 Å². The highest BCUT2D eigenvalue weighted by atomic mass is 19.4. The number of halogens is 9. The van der Waals surface area contributed by atoms with E-state index in [0.717, 1.165) is 11.1 Å². The van der Waals surface area contributed by atoms with Gasteiger partial charge in [-0.05, 0) is 12.3 Å². The van der Waals surface area contributed by atoms with E-state index in [2.05, 4.69) is 5.10 Å². The van der Waals surface area contributed by atoms with Gasteiger partial charge in [0.1, 0.15) is 0 Å². The SMILES string of the molecule is CC(C)C1CCc2nn(-c3c(F)c(F)c(F)c(F)c3F)c[n+]21.FB(F)F.[F-]. The summed E-state index contributed by atoms with van der Waals surface area (Å²) in [6, 6.07) is 0.0880. The molecule has 0 aliphatic carbocycles. The zero-order valence-corrected chi connectivity index (χ0v) is 14.0. The molecule has 0 N–H and O–H groups in total. The monoisotopic (exact) mass is 405 g/mol. The number of aryl methyl sites for hydroxylation is 1. The fraction of sp³-hybridized carbons (Fsp3) is 0.429. The Morgan fingerprint density at radius 1 is 1.00 bits per heavy atom. The Morgan fingerprint density at radius 2 is 1.44 bits per heavy atom. The Bertz CT molecular complexity index is 778. The van der Waals surface area contributed by atoms with Crippen LogP contribution in [0.4, 0.5) is 34.9 Å². The van der Waals surface area contributed by atoms with Crippen LogP contribution in [-0.4, -0.2) is 17.3 Å². The molecule has 3 nitrogen and oxygen atoms in total. The maximum absolute atomic E-state index is 13.8. The molecule has 150 valence electrons. The Labute approximate surface area is 148 Å². The van der Waals surface area contributed by atoms with Gasteiger partial charge in [-0.25, -0.2) is 17.7 Å². The second-order valence-corrected chi connectivity index (χ2v) is 5.90. The summed E-state index contributed by atoms with van der Waals surface area (Å²) >= 11 is 0. The van der Waals surface area contributed by atoms with Crippen molar-refractivity contribution in [1.82, 2.24) is 9.78 Å². The van der Waals surface area contributed by atoms with E-state index in [0.29, 0.717) is 12.2 Å². The summed E-state index contributed by atoms with van der Waals surface area (Å²) < 4.78 is 98.7. The van der Waals surface area contributed by atoms with Gasteiger partial charge in [-0.2, -0.15) is 8.78 Å². The zero-order valence-electron chi connectivity index (χ0n) is 14.0. The molecule has 1 aromatic heterocycles. The molecular formula is C14H13BF9N3. The van der Waals surface area contributed by atoms with Gasteiger partial charge in [0.05, 0.1) is 6.04 Å². The zero-order chi connectivity index (χ0) is 19.8. The van der Waals surface area contributed by atoms with E-state index in [4.69, 9.17) is 0 Å². The molecule has 3 rings (SSSR count). The maximum atomic E-state index is 13.8. The molecule has 1 aliphatic rings. The minimum Gasteiger partial charge on any atom is -1.00 e. The van der Waals surface area contributed by atoms with Crippen molar-refractivity contribution in [3.8, 4) is 5.69 Å². The maximum Gasteiger partial charge on any atom is 0.762 e. The largest absolute Gasteiger partial charge is 1.00 e. The Morgan fingerprint density at radius 3 is 1.89 bits per heavy atom. The normalized spacial score (nSPS) is 15.1. The summed E-state index contributed by atoms with van der Waals surface area (Å²) in [6.07, 6.45) is 2.70. The Balaban J connectivity index is 0.000000666. The Hall–Kier alpha value is -2.21. The number of rotatable bonds is 2. The minimum absolute atomic E-state index is 0. The van der Waals surface area contributed by atoms with Crippen LogP contribution in [0.15, 0.2) is 6.33 Å². The summed E-state index contributed by atoms with van der Waals surface area (Å²) in [7, 11) is -3.67. The smallest absolute Gasteiger partial charge is 0.762 e. The summed E-state index contributed by atoms with van der Waals surface area (Å²) in [5, 5.41) is 3.97. The number of nitrogens with zero attached hydrogens (tertiary/aromatic N) is 3. The molecule has 1 atom stereocenters. The van der Waals surface area contributed by atoms with E-state index in [9.17, 15) is 34.9 Å². The van der Waals surface area contributed by atoms with Gasteiger partial charge in [-0.3, -0.25) is 12.9 Å². The average Bonchev–Trinajstić information content (AvgIpc) is 3.10. The number of hydrogen-bond acceptors (Lipinski definition) is 1. The number of benzene rings is 1. The number of aromatic nitrogens is 3. The summed E-state index contributed by atoms with van der Waals surface area (Å²) in [5.74, 6) is -9.09. The molecule has 1 unspecified atom stereocenters. The third-order valence-corrected chi connectivity index (χ3v) is 3.96. The van der Waals surface area contributed by atoms with E-state index < -0.39 is 42.3 Å². The predicted octanol–water partition coefficient (Wildman–Crippen LogP) is 0.882. The number of fused-ring (bicyclic) bond motifs is 1. The van der Waals surface area contributed by atoms with Gasteiger partial charge < -0.3 is 4.70 Å². The molecule has 0 spiro atoms. The molecule has 0 bridgehead atoms. The molecule has 13 heteroatoms. The topological polar surface area (TPSA) is 21.7 Å². The van der Waals surface area contributed by atoms with Crippen LogP contribution in [0.25, 0.3) is 5.69 Å². The molecule has 2 heterocycles. The summed E-state index contributed by atoms with van der Waals surface area (Å²) in [4.78, 5) is 0. The standard InChI is InChI=1S/C14H13F5N3.BF3.FH/c1-6(2)7-3-4-8-20-22(5-21(7)8)14-12(18)10(16)9(15)11(17)13(14)19;2-1(3)4;/h5-7H,3-4H2,1-2H3;;1H/q+1;;/p-1. The van der Waals surface area contributed by atoms with Crippen LogP contribution in [-0.2, 0) is 6.42 Å². The van der Waals surface area contributed by atoms with Crippen molar-refractivity contribution in [2.45, 2.75) is 32.7 Å². The average molecular weight is 405 g/mol. The van der Waals surface area contributed by atoms with E-state index in [1.54, 1.807) is 4.57 Å². The van der Waals surface area contributed by atoms with Crippen LogP contribution in [0.2, 0.25) is 0 Å². The van der Waals surface area contributed by atoms with E-state index in [1.165, 1.54) is 6.33 Å². The fourth-order valence-corrected chi connectivity index (χ4v) is 2.82. The summed E-state index contributed by atoms with van der Waals surface area (Å²) in [5.41, 5.74) is -1.05. The van der Waals surface area contributed by atoms with Crippen molar-refractivity contribution in [1.29, 1.82) is 0 Å². The molecule has 0 fully saturated rings. The quantitative estimate of drug-likeness (QED) is 0.239. The van der Waals surface area contributed by atoms with Crippen molar-refractivity contribution >= 4 is 7.54 Å². The molecule has 27 heavy (non-hydrogen) atoms. The van der Waals surface area contributed by atoms with Crippen molar-refractivity contribution in [3.63, 3.8) is 0 Å². The van der Waals surface area contributed by atoms with Gasteiger partial charge in [-0.1, -0.05) is 18.5 Å². The molecule has 0 saturated heterocycles. The highest BCUT2D eigenvalue weighted by molar-refractivity contribution is 6.33. The Kier molecular flexibility index (Phi) is 7.32. The van der Waals surface area contributed by atoms with Crippen LogP contribution >= 0.6 is 0 Å². The lowest BCUT2D eigenvalue weighted by molar-refractivity contribution is -0.723. The highest BCUT2D eigenvalue weighted by Gasteiger charge is 2.37. The second-order valence-electron chi connectivity index (χ2n) is 5.90. The van der Waals surface area contributed by atoms with Crippen LogP contribution < -0.4 is 9.27 Å². The van der Waals surface area contributed by atoms with Crippen LogP contribution in [0, 0.1) is 35.0 Å². The molecule has 0 amide bonds. The molecule has 0 saturated carbocycles. The van der Waals surface area contributed by atoms with Crippen molar-refractivity contribution in [3.05, 3.63) is 41.2 Å². The molecule has 1 aliphatic heterocycles. The first-order valence-corrected chi connectivity index (χ1v) is 7.49. The van der Waals surface area contributed by atoms with Crippen LogP contribution in [0.3, 0.4) is 0 Å². The third kappa shape index (κ3) is 4.38. The van der Waals surface area contributed by atoms with Gasteiger partial charge in [-0.15, -0.1) is 0 Å². The second kappa shape index (κ2) is 8.66. The number of hydrogen-bond donors (Lipinski definition) is 0. The van der Waals surface area contributed by atoms with Gasteiger partial charge in [0.15, 0.2) is 0 Å². The van der Waals surface area contributed by atoms with Crippen molar-refractivity contribution in [2.24, 2.45) is 5.92 Å². The first-order chi connectivity index (χ1) is 12.1. The molecular weight excluding hydrogens is 392 g/mol. The lowest BCUT2D eigenvalue weighted by Gasteiger charge is -2.12. The molecule has 0 radical (unpaired) electrons. The van der Waals surface area contributed by atoms with Crippen molar-refractivity contribution < 1.29 is 44.2 Å². The minimum atomic E-state index is -3.67. The van der Waals surface area contributed by atoms with Crippen molar-refractivity contribution in [2.75, 3.05) is 0 Å². The highest BCUT2D eigenvalue weighted by Crippen LogP contribution is 2.28. The van der Waals surface area contributed by atoms with Gasteiger partial charge in [0, 0.05) is 11.5 Å². The van der Waals surface area contributed by atoms with Crippen LogP contribution in [0.1, 0.15) is 32.1 Å². The third-order valence-electron chi connectivity index (χ3n) is 3.96.